The van der Waals surface area contributed by atoms with Crippen molar-refractivity contribution in [3.8, 4) is 12.3 Å². The zero-order valence-electron chi connectivity index (χ0n) is 14.4. The summed E-state index contributed by atoms with van der Waals surface area (Å²) in [5.74, 6) is 2.55. The molecule has 0 aliphatic heterocycles. The maximum absolute atomic E-state index is 13.4. The minimum absolute atomic E-state index is 0.0415. The standard InChI is InChI=1S/C24H19NO/c1-2-18-25-23(20-14-8-4-9-15-20)22(19-12-6-3-7-13-19)24(26)21-16-10-5-11-17-21/h1,3-17,25H,18H2/b23-22-. The molecule has 0 atom stereocenters. The first kappa shape index (κ1) is 17.3. The third-order valence-electron chi connectivity index (χ3n) is 4.01. The number of hydrogen-bond donors (Lipinski definition) is 1. The van der Waals surface area contributed by atoms with Crippen LogP contribution in [0.25, 0.3) is 11.3 Å². The molecule has 26 heavy (non-hydrogen) atoms. The summed E-state index contributed by atoms with van der Waals surface area (Å²) in [6.07, 6.45) is 5.46. The molecule has 0 unspecified atom stereocenters. The van der Waals surface area contributed by atoms with E-state index in [1.807, 2.05) is 91.0 Å². The molecule has 0 heterocycles. The molecule has 0 aliphatic rings. The van der Waals surface area contributed by atoms with Gasteiger partial charge in [-0.1, -0.05) is 96.9 Å². The normalized spacial score (nSPS) is 11.2. The van der Waals surface area contributed by atoms with Crippen molar-refractivity contribution < 1.29 is 4.79 Å². The van der Waals surface area contributed by atoms with Gasteiger partial charge in [0.2, 0.25) is 0 Å². The number of nitrogens with one attached hydrogen (secondary N) is 1. The first-order valence-electron chi connectivity index (χ1n) is 8.43. The minimum Gasteiger partial charge on any atom is -0.373 e. The molecule has 2 nitrogen and oxygen atoms in total. The fourth-order valence-electron chi connectivity index (χ4n) is 2.81. The SMILES string of the molecule is C#CCN/C(=C(\C(=O)c1ccccc1)c1ccccc1)c1ccccc1. The van der Waals surface area contributed by atoms with Crippen LogP contribution >= 0.6 is 0 Å². The Morgan fingerprint density at radius 3 is 1.69 bits per heavy atom. The number of terminal acetylenes is 1. The molecular weight excluding hydrogens is 318 g/mol. The summed E-state index contributed by atoms with van der Waals surface area (Å²) in [6.45, 7) is 0.336. The minimum atomic E-state index is -0.0415. The summed E-state index contributed by atoms with van der Waals surface area (Å²) in [4.78, 5) is 13.4. The van der Waals surface area contributed by atoms with E-state index in [1.54, 1.807) is 0 Å². The lowest BCUT2D eigenvalue weighted by Gasteiger charge is -2.17. The van der Waals surface area contributed by atoms with Gasteiger partial charge in [0.15, 0.2) is 5.78 Å². The summed E-state index contributed by atoms with van der Waals surface area (Å²) in [7, 11) is 0. The molecule has 1 N–H and O–H groups in total. The van der Waals surface area contributed by atoms with Gasteiger partial charge in [-0.2, -0.15) is 0 Å². The van der Waals surface area contributed by atoms with Gasteiger partial charge < -0.3 is 5.32 Å². The van der Waals surface area contributed by atoms with Crippen molar-refractivity contribution in [2.24, 2.45) is 0 Å². The highest BCUT2D eigenvalue weighted by molar-refractivity contribution is 6.34. The number of hydrogen-bond acceptors (Lipinski definition) is 2. The number of ketones is 1. The molecule has 0 spiro atoms. The highest BCUT2D eigenvalue weighted by Gasteiger charge is 2.20. The largest absolute Gasteiger partial charge is 0.373 e. The van der Waals surface area contributed by atoms with Crippen LogP contribution in [0.2, 0.25) is 0 Å². The number of rotatable bonds is 6. The summed E-state index contributed by atoms with van der Waals surface area (Å²) in [5.41, 5.74) is 3.76. The third-order valence-corrected chi connectivity index (χ3v) is 4.01. The van der Waals surface area contributed by atoms with Crippen molar-refractivity contribution in [3.63, 3.8) is 0 Å². The van der Waals surface area contributed by atoms with Gasteiger partial charge in [0.25, 0.3) is 0 Å². The van der Waals surface area contributed by atoms with Crippen LogP contribution in [-0.4, -0.2) is 12.3 Å². The summed E-state index contributed by atoms with van der Waals surface area (Å²) >= 11 is 0. The van der Waals surface area contributed by atoms with Crippen molar-refractivity contribution in [1.29, 1.82) is 0 Å². The Kier molecular flexibility index (Phi) is 5.65. The van der Waals surface area contributed by atoms with Gasteiger partial charge >= 0.3 is 0 Å². The van der Waals surface area contributed by atoms with Crippen molar-refractivity contribution in [1.82, 2.24) is 5.32 Å². The zero-order chi connectivity index (χ0) is 18.2. The Bertz CT molecular complexity index is 936. The number of allylic oxidation sites excluding steroid dienone is 1. The van der Waals surface area contributed by atoms with Crippen molar-refractivity contribution >= 4 is 17.1 Å². The molecular formula is C24H19NO. The van der Waals surface area contributed by atoms with Gasteiger partial charge in [0.1, 0.15) is 0 Å². The van der Waals surface area contributed by atoms with Gasteiger partial charge in [-0.15, -0.1) is 6.42 Å². The second kappa shape index (κ2) is 8.50. The van der Waals surface area contributed by atoms with Crippen LogP contribution < -0.4 is 5.32 Å². The van der Waals surface area contributed by atoms with Gasteiger partial charge in [0, 0.05) is 5.56 Å². The molecule has 0 aromatic heterocycles. The Hall–Kier alpha value is -3.57. The number of benzene rings is 3. The molecule has 0 amide bonds. The second-order valence-corrected chi connectivity index (χ2v) is 5.73. The zero-order valence-corrected chi connectivity index (χ0v) is 14.4. The number of carbonyl (C=O) groups is 1. The number of Topliss-reactive ketones (excluding diaryl/α,β-unsaturated/α-hetero) is 1. The van der Waals surface area contributed by atoms with Gasteiger partial charge in [-0.05, 0) is 11.1 Å². The van der Waals surface area contributed by atoms with Crippen LogP contribution in [0.5, 0.6) is 0 Å². The van der Waals surface area contributed by atoms with Gasteiger partial charge in [-0.3, -0.25) is 4.79 Å². The van der Waals surface area contributed by atoms with Crippen molar-refractivity contribution in [3.05, 3.63) is 108 Å². The molecule has 126 valence electrons. The van der Waals surface area contributed by atoms with E-state index in [0.717, 1.165) is 16.8 Å². The number of carbonyl (C=O) groups excluding carboxylic acids is 1. The summed E-state index contributed by atoms with van der Waals surface area (Å²) in [6, 6.07) is 28.8. The van der Waals surface area contributed by atoms with E-state index >= 15 is 0 Å². The van der Waals surface area contributed by atoms with E-state index in [-0.39, 0.29) is 5.78 Å². The average molecular weight is 337 g/mol. The van der Waals surface area contributed by atoms with Gasteiger partial charge in [0.05, 0.1) is 17.8 Å². The summed E-state index contributed by atoms with van der Waals surface area (Å²) < 4.78 is 0. The predicted octanol–water partition coefficient (Wildman–Crippen LogP) is 4.66. The first-order valence-corrected chi connectivity index (χ1v) is 8.43. The van der Waals surface area contributed by atoms with Crippen molar-refractivity contribution in [2.75, 3.05) is 6.54 Å². The second-order valence-electron chi connectivity index (χ2n) is 5.73. The van der Waals surface area contributed by atoms with E-state index in [2.05, 4.69) is 11.2 Å². The Morgan fingerprint density at radius 2 is 1.19 bits per heavy atom. The smallest absolute Gasteiger partial charge is 0.195 e. The fourth-order valence-corrected chi connectivity index (χ4v) is 2.81. The highest BCUT2D eigenvalue weighted by atomic mass is 16.1. The van der Waals surface area contributed by atoms with E-state index in [1.165, 1.54) is 0 Å². The lowest BCUT2D eigenvalue weighted by Crippen LogP contribution is -2.18. The topological polar surface area (TPSA) is 29.1 Å². The average Bonchev–Trinajstić information content (AvgIpc) is 2.72. The molecule has 0 radical (unpaired) electrons. The Labute approximate surface area is 154 Å². The monoisotopic (exact) mass is 337 g/mol. The molecule has 3 rings (SSSR count). The van der Waals surface area contributed by atoms with Crippen molar-refractivity contribution in [2.45, 2.75) is 0 Å². The van der Waals surface area contributed by atoms with E-state index in [0.29, 0.717) is 17.7 Å². The predicted molar refractivity (Wildman–Crippen MR) is 107 cm³/mol. The molecule has 0 saturated heterocycles. The quantitative estimate of drug-likeness (QED) is 0.307. The Morgan fingerprint density at radius 1 is 0.731 bits per heavy atom. The van der Waals surface area contributed by atoms with Gasteiger partial charge in [-0.25, -0.2) is 0 Å². The molecule has 3 aromatic carbocycles. The van der Waals surface area contributed by atoms with Crippen LogP contribution in [0.3, 0.4) is 0 Å². The molecule has 0 fully saturated rings. The van der Waals surface area contributed by atoms with Crippen LogP contribution in [0.4, 0.5) is 0 Å². The highest BCUT2D eigenvalue weighted by Crippen LogP contribution is 2.28. The van der Waals surface area contributed by atoms with E-state index < -0.39 is 0 Å². The molecule has 0 bridgehead atoms. The lowest BCUT2D eigenvalue weighted by molar-refractivity contribution is 0.105. The van der Waals surface area contributed by atoms with E-state index in [4.69, 9.17) is 6.42 Å². The Balaban J connectivity index is 2.24. The molecule has 3 aromatic rings. The van der Waals surface area contributed by atoms with E-state index in [9.17, 15) is 4.79 Å². The van der Waals surface area contributed by atoms with Crippen LogP contribution in [0, 0.1) is 12.3 Å². The van der Waals surface area contributed by atoms with Crippen LogP contribution in [-0.2, 0) is 0 Å². The maximum atomic E-state index is 13.4. The van der Waals surface area contributed by atoms with Crippen LogP contribution in [0.15, 0.2) is 91.0 Å². The molecule has 0 aliphatic carbocycles. The summed E-state index contributed by atoms with van der Waals surface area (Å²) in [5, 5.41) is 3.26. The van der Waals surface area contributed by atoms with Crippen LogP contribution in [0.1, 0.15) is 21.5 Å². The fraction of sp³-hybridized carbons (Fsp3) is 0.0417. The maximum Gasteiger partial charge on any atom is 0.195 e. The molecule has 0 saturated carbocycles. The first-order chi connectivity index (χ1) is 12.8. The lowest BCUT2D eigenvalue weighted by atomic mass is 9.92. The molecule has 2 heteroatoms. The third kappa shape index (κ3) is 3.91.